The van der Waals surface area contributed by atoms with Crippen LogP contribution in [0.25, 0.3) is 0 Å². The smallest absolute Gasteiger partial charge is 0.356 e. The molecule has 0 heterocycles. The number of aryl methyl sites for hydroxylation is 1. The summed E-state index contributed by atoms with van der Waals surface area (Å²) in [5, 5.41) is 18.5. The minimum atomic E-state index is -4.59. The minimum absolute atomic E-state index is 0.0755. The molecule has 7 heteroatoms. The van der Waals surface area contributed by atoms with E-state index in [2.05, 4.69) is 0 Å². The largest absolute Gasteiger partial charge is 0.508 e. The lowest BCUT2D eigenvalue weighted by Crippen LogP contribution is -2.16. The highest BCUT2D eigenvalue weighted by molar-refractivity contribution is 7.60. The molecule has 0 saturated heterocycles. The highest BCUT2D eigenvalue weighted by Gasteiger charge is 2.25. The molecule has 0 aliphatic carbocycles. The molecule has 6 nitrogen and oxygen atoms in total. The molecule has 2 rings (SSSR count). The average molecular weight is 336 g/mol. The third-order valence-electron chi connectivity index (χ3n) is 3.37. The van der Waals surface area contributed by atoms with Gasteiger partial charge < -0.3 is 20.0 Å². The monoisotopic (exact) mass is 336 g/mol. The number of aromatic hydroxyl groups is 2. The molecule has 0 aromatic heterocycles. The normalized spacial score (nSPS) is 11.4. The number of hydrogen-bond donors (Lipinski definition) is 4. The van der Waals surface area contributed by atoms with Crippen molar-refractivity contribution in [3.8, 4) is 11.5 Å². The molecule has 0 radical (unpaired) electrons. The molecule has 0 amide bonds. The molecule has 0 unspecified atom stereocenters. The maximum absolute atomic E-state index is 12.2. The molecule has 0 aliphatic rings. The molecule has 0 fully saturated rings. The van der Waals surface area contributed by atoms with Crippen molar-refractivity contribution in [2.45, 2.75) is 19.3 Å². The Morgan fingerprint density at radius 2 is 1.70 bits per heavy atom. The van der Waals surface area contributed by atoms with E-state index in [0.717, 1.165) is 23.8 Å². The van der Waals surface area contributed by atoms with E-state index in [1.165, 1.54) is 0 Å². The van der Waals surface area contributed by atoms with Crippen LogP contribution in [0.15, 0.2) is 42.5 Å². The Balaban J connectivity index is 2.09. The van der Waals surface area contributed by atoms with E-state index in [1.54, 1.807) is 18.2 Å². The predicted octanol–water partition coefficient (Wildman–Crippen LogP) is 2.11. The first kappa shape index (κ1) is 17.2. The molecule has 2 aromatic carbocycles. The van der Waals surface area contributed by atoms with Crippen LogP contribution in [0.5, 0.6) is 11.5 Å². The first-order valence-electron chi connectivity index (χ1n) is 6.97. The van der Waals surface area contributed by atoms with E-state index in [1.807, 2.05) is 6.07 Å². The molecular formula is C16H17O6P. The second-order valence-corrected chi connectivity index (χ2v) is 6.76. The fourth-order valence-electron chi connectivity index (χ4n) is 2.30. The van der Waals surface area contributed by atoms with Crippen molar-refractivity contribution in [1.29, 1.82) is 0 Å². The number of benzene rings is 2. The number of ketones is 1. The van der Waals surface area contributed by atoms with E-state index in [-0.39, 0.29) is 28.8 Å². The summed E-state index contributed by atoms with van der Waals surface area (Å²) in [6, 6.07) is 9.95. The van der Waals surface area contributed by atoms with Crippen LogP contribution >= 0.6 is 7.60 Å². The molecular weight excluding hydrogens is 319 g/mol. The van der Waals surface area contributed by atoms with Crippen molar-refractivity contribution in [1.82, 2.24) is 0 Å². The van der Waals surface area contributed by atoms with Crippen LogP contribution in [-0.4, -0.2) is 25.8 Å². The average Bonchev–Trinajstić information content (AvgIpc) is 2.46. The maximum Gasteiger partial charge on any atom is 0.356 e. The summed E-state index contributed by atoms with van der Waals surface area (Å²) in [7, 11) is -4.59. The van der Waals surface area contributed by atoms with Gasteiger partial charge >= 0.3 is 7.60 Å². The number of rotatable bonds is 6. The standard InChI is InChI=1S/C16H17O6P/c17-12-5-1-3-11(9-12)4-2-6-15(19)14-10-13(18)7-8-16(14)23(20,21)22/h1,3,5,7-10,17-18H,2,4,6H2,(H2,20,21,22). The molecule has 0 spiro atoms. The second-order valence-electron chi connectivity index (χ2n) is 5.19. The third kappa shape index (κ3) is 4.66. The zero-order chi connectivity index (χ0) is 17.0. The number of phenols is 2. The molecule has 0 atom stereocenters. The first-order valence-corrected chi connectivity index (χ1v) is 8.59. The second kappa shape index (κ2) is 6.96. The molecule has 0 bridgehead atoms. The van der Waals surface area contributed by atoms with E-state index in [0.29, 0.717) is 12.8 Å². The van der Waals surface area contributed by atoms with Crippen molar-refractivity contribution in [3.05, 3.63) is 53.6 Å². The Hall–Kier alpha value is -2.14. The number of carbonyl (C=O) groups is 1. The molecule has 2 aromatic rings. The van der Waals surface area contributed by atoms with Gasteiger partial charge in [-0.25, -0.2) is 0 Å². The van der Waals surface area contributed by atoms with Crippen LogP contribution in [0.1, 0.15) is 28.8 Å². The molecule has 0 aliphatic heterocycles. The molecule has 122 valence electrons. The van der Waals surface area contributed by atoms with Crippen molar-refractivity contribution in [2.75, 3.05) is 0 Å². The summed E-state index contributed by atoms with van der Waals surface area (Å²) in [5.41, 5.74) is 0.707. The lowest BCUT2D eigenvalue weighted by Gasteiger charge is -2.10. The van der Waals surface area contributed by atoms with Crippen molar-refractivity contribution in [3.63, 3.8) is 0 Å². The Kier molecular flexibility index (Phi) is 5.21. The van der Waals surface area contributed by atoms with E-state index < -0.39 is 13.4 Å². The van der Waals surface area contributed by atoms with Crippen LogP contribution in [-0.2, 0) is 11.0 Å². The minimum Gasteiger partial charge on any atom is -0.508 e. The van der Waals surface area contributed by atoms with Gasteiger partial charge in [0.1, 0.15) is 11.5 Å². The number of Topliss-reactive ketones (excluding diaryl/α,β-unsaturated/α-hetero) is 1. The quantitative estimate of drug-likeness (QED) is 0.474. The fourth-order valence-corrected chi connectivity index (χ4v) is 3.07. The van der Waals surface area contributed by atoms with Gasteiger partial charge in [0.25, 0.3) is 0 Å². The lowest BCUT2D eigenvalue weighted by atomic mass is 10.0. The Bertz CT molecular complexity index is 765. The van der Waals surface area contributed by atoms with Crippen LogP contribution in [0.3, 0.4) is 0 Å². The van der Waals surface area contributed by atoms with Crippen LogP contribution < -0.4 is 5.30 Å². The lowest BCUT2D eigenvalue weighted by molar-refractivity contribution is 0.0980. The van der Waals surface area contributed by atoms with Gasteiger partial charge in [-0.05, 0) is 48.7 Å². The molecule has 23 heavy (non-hydrogen) atoms. The Morgan fingerprint density at radius 1 is 1.00 bits per heavy atom. The summed E-state index contributed by atoms with van der Waals surface area (Å²) in [6.07, 6.45) is 1.08. The molecule has 4 N–H and O–H groups in total. The highest BCUT2D eigenvalue weighted by Crippen LogP contribution is 2.36. The van der Waals surface area contributed by atoms with Gasteiger partial charge in [0.15, 0.2) is 5.78 Å². The summed E-state index contributed by atoms with van der Waals surface area (Å²) in [4.78, 5) is 30.8. The van der Waals surface area contributed by atoms with E-state index in [9.17, 15) is 29.4 Å². The maximum atomic E-state index is 12.2. The fraction of sp³-hybridized carbons (Fsp3) is 0.188. The van der Waals surface area contributed by atoms with Gasteiger partial charge in [0.2, 0.25) is 0 Å². The van der Waals surface area contributed by atoms with Crippen LogP contribution in [0, 0.1) is 0 Å². The zero-order valence-corrected chi connectivity index (χ0v) is 13.1. The van der Waals surface area contributed by atoms with Gasteiger partial charge in [0.05, 0.1) is 5.30 Å². The summed E-state index contributed by atoms with van der Waals surface area (Å²) in [6.45, 7) is 0. The third-order valence-corrected chi connectivity index (χ3v) is 4.39. The number of phenolic OH excluding ortho intramolecular Hbond substituents is 2. The predicted molar refractivity (Wildman–Crippen MR) is 85.2 cm³/mol. The van der Waals surface area contributed by atoms with Crippen molar-refractivity contribution < 1.29 is 29.4 Å². The topological polar surface area (TPSA) is 115 Å². The Morgan fingerprint density at radius 3 is 2.35 bits per heavy atom. The summed E-state index contributed by atoms with van der Waals surface area (Å²) in [5.74, 6) is -0.525. The summed E-state index contributed by atoms with van der Waals surface area (Å²) < 4.78 is 11.4. The van der Waals surface area contributed by atoms with Gasteiger partial charge in [0, 0.05) is 12.0 Å². The van der Waals surface area contributed by atoms with E-state index in [4.69, 9.17) is 0 Å². The molecule has 0 saturated carbocycles. The Labute approximate surface area is 133 Å². The van der Waals surface area contributed by atoms with Crippen LogP contribution in [0.2, 0.25) is 0 Å². The van der Waals surface area contributed by atoms with Gasteiger partial charge in [-0.15, -0.1) is 0 Å². The number of hydrogen-bond acceptors (Lipinski definition) is 4. The first-order chi connectivity index (χ1) is 10.8. The van der Waals surface area contributed by atoms with Crippen molar-refractivity contribution >= 4 is 18.7 Å². The summed E-state index contributed by atoms with van der Waals surface area (Å²) >= 11 is 0. The van der Waals surface area contributed by atoms with E-state index >= 15 is 0 Å². The SMILES string of the molecule is O=C(CCCc1cccc(O)c1)c1cc(O)ccc1P(=O)(O)O. The zero-order valence-electron chi connectivity index (χ0n) is 12.2. The van der Waals surface area contributed by atoms with Crippen LogP contribution in [0.4, 0.5) is 0 Å². The number of carbonyl (C=O) groups excluding carboxylic acids is 1. The van der Waals surface area contributed by atoms with Gasteiger partial charge in [-0.2, -0.15) is 0 Å². The highest BCUT2D eigenvalue weighted by atomic mass is 31.2. The van der Waals surface area contributed by atoms with Gasteiger partial charge in [-0.3, -0.25) is 9.36 Å². The van der Waals surface area contributed by atoms with Gasteiger partial charge in [-0.1, -0.05) is 12.1 Å². The van der Waals surface area contributed by atoms with Crippen molar-refractivity contribution in [2.24, 2.45) is 0 Å².